The van der Waals surface area contributed by atoms with Crippen LogP contribution in [0.4, 0.5) is 11.4 Å². The number of para-hydroxylation sites is 1. The van der Waals surface area contributed by atoms with Gasteiger partial charge in [0.05, 0.1) is 6.54 Å². The van der Waals surface area contributed by atoms with Gasteiger partial charge >= 0.3 is 0 Å². The predicted octanol–water partition coefficient (Wildman–Crippen LogP) is 6.05. The molecule has 0 bridgehead atoms. The summed E-state index contributed by atoms with van der Waals surface area (Å²) in [4.78, 5) is 29.9. The standard InChI is InChI=1S/C34H24N2O5/c37-32(35-27-14-7-10-21-8-1-3-11-23(21)27)24-12-4-2-9-22(24)18-36-28-15-6-5-13-25(28)34(33(36)38)19-39-29-17-31-30(16-26(29)34)40-20-41-31/h1-17H,18-20H2,(H,35,37). The van der Waals surface area contributed by atoms with Gasteiger partial charge in [0.1, 0.15) is 17.8 Å². The summed E-state index contributed by atoms with van der Waals surface area (Å²) < 4.78 is 17.3. The lowest BCUT2D eigenvalue weighted by Gasteiger charge is -2.24. The van der Waals surface area contributed by atoms with E-state index < -0.39 is 5.41 Å². The van der Waals surface area contributed by atoms with Crippen molar-refractivity contribution in [3.63, 3.8) is 0 Å². The summed E-state index contributed by atoms with van der Waals surface area (Å²) in [6.45, 7) is 0.552. The van der Waals surface area contributed by atoms with Gasteiger partial charge in [-0.3, -0.25) is 9.59 Å². The van der Waals surface area contributed by atoms with Crippen molar-refractivity contribution in [3.8, 4) is 17.2 Å². The molecule has 0 fully saturated rings. The fourth-order valence-electron chi connectivity index (χ4n) is 6.30. The Labute approximate surface area is 235 Å². The third-order valence-electron chi connectivity index (χ3n) is 8.27. The van der Waals surface area contributed by atoms with Gasteiger partial charge in [-0.2, -0.15) is 0 Å². The number of ether oxygens (including phenoxy) is 3. The number of benzene rings is 5. The average molecular weight is 541 g/mol. The number of amides is 2. The fourth-order valence-corrected chi connectivity index (χ4v) is 6.30. The molecule has 8 rings (SSSR count). The number of hydrogen-bond acceptors (Lipinski definition) is 5. The van der Waals surface area contributed by atoms with E-state index in [-0.39, 0.29) is 31.8 Å². The van der Waals surface area contributed by atoms with Crippen LogP contribution in [0.1, 0.15) is 27.0 Å². The molecule has 1 spiro atoms. The lowest BCUT2D eigenvalue weighted by atomic mass is 9.77. The molecule has 0 radical (unpaired) electrons. The first-order chi connectivity index (χ1) is 20.1. The first kappa shape index (κ1) is 23.6. The molecule has 7 nitrogen and oxygen atoms in total. The minimum atomic E-state index is -1.01. The van der Waals surface area contributed by atoms with E-state index in [4.69, 9.17) is 14.2 Å². The minimum absolute atomic E-state index is 0.0967. The molecule has 1 atom stereocenters. The Morgan fingerprint density at radius 3 is 2.46 bits per heavy atom. The lowest BCUT2D eigenvalue weighted by Crippen LogP contribution is -2.42. The maximum atomic E-state index is 14.4. The van der Waals surface area contributed by atoms with Gasteiger partial charge in [-0.15, -0.1) is 0 Å². The van der Waals surface area contributed by atoms with Crippen LogP contribution < -0.4 is 24.4 Å². The SMILES string of the molecule is O=C(Nc1cccc2ccccc12)c1ccccc1CN1C(=O)C2(COc3cc4c(cc32)OCO4)c2ccccc21. The van der Waals surface area contributed by atoms with Crippen molar-refractivity contribution in [2.24, 2.45) is 0 Å². The van der Waals surface area contributed by atoms with Crippen molar-refractivity contribution < 1.29 is 23.8 Å². The highest BCUT2D eigenvalue weighted by Crippen LogP contribution is 2.55. The van der Waals surface area contributed by atoms with Gasteiger partial charge in [0, 0.05) is 34.0 Å². The highest BCUT2D eigenvalue weighted by molar-refractivity contribution is 6.13. The number of nitrogens with zero attached hydrogens (tertiary/aromatic N) is 1. The van der Waals surface area contributed by atoms with E-state index in [2.05, 4.69) is 5.32 Å². The van der Waals surface area contributed by atoms with E-state index in [0.29, 0.717) is 22.8 Å². The van der Waals surface area contributed by atoms with Crippen molar-refractivity contribution in [1.82, 2.24) is 0 Å². The van der Waals surface area contributed by atoms with Gasteiger partial charge in [-0.1, -0.05) is 72.8 Å². The summed E-state index contributed by atoms with van der Waals surface area (Å²) in [6.07, 6.45) is 0. The first-order valence-electron chi connectivity index (χ1n) is 13.5. The topological polar surface area (TPSA) is 77.1 Å². The third-order valence-corrected chi connectivity index (χ3v) is 8.27. The number of carbonyl (C=O) groups excluding carboxylic acids is 2. The number of carbonyl (C=O) groups is 2. The smallest absolute Gasteiger partial charge is 0.256 e. The summed E-state index contributed by atoms with van der Waals surface area (Å²) in [7, 11) is 0. The summed E-state index contributed by atoms with van der Waals surface area (Å²) in [5.41, 5.74) is 3.43. The fraction of sp³-hybridized carbons (Fsp3) is 0.118. The van der Waals surface area contributed by atoms with Crippen LogP contribution in [0.15, 0.2) is 103 Å². The van der Waals surface area contributed by atoms with Crippen molar-refractivity contribution in [3.05, 3.63) is 125 Å². The summed E-state index contributed by atoms with van der Waals surface area (Å²) >= 11 is 0. The molecule has 5 aromatic carbocycles. The molecule has 3 heterocycles. The van der Waals surface area contributed by atoms with Gasteiger partial charge in [0.25, 0.3) is 5.91 Å². The summed E-state index contributed by atoms with van der Waals surface area (Å²) in [5, 5.41) is 5.11. The number of anilines is 2. The molecule has 5 aromatic rings. The zero-order chi connectivity index (χ0) is 27.6. The molecule has 7 heteroatoms. The Kier molecular flexibility index (Phi) is 5.09. The second kappa shape index (κ2) is 8.86. The van der Waals surface area contributed by atoms with Crippen LogP contribution in [0.2, 0.25) is 0 Å². The lowest BCUT2D eigenvalue weighted by molar-refractivity contribution is -0.122. The number of fused-ring (bicyclic) bond motifs is 6. The summed E-state index contributed by atoms with van der Waals surface area (Å²) in [5.74, 6) is 1.51. The zero-order valence-electron chi connectivity index (χ0n) is 21.9. The van der Waals surface area contributed by atoms with E-state index in [0.717, 1.165) is 38.8 Å². The molecule has 3 aliphatic rings. The molecule has 2 amide bonds. The molecule has 0 aliphatic carbocycles. The van der Waals surface area contributed by atoms with Crippen molar-refractivity contribution in [2.45, 2.75) is 12.0 Å². The molecule has 1 unspecified atom stereocenters. The van der Waals surface area contributed by atoms with Crippen LogP contribution in [0, 0.1) is 0 Å². The zero-order valence-corrected chi connectivity index (χ0v) is 21.9. The first-order valence-corrected chi connectivity index (χ1v) is 13.5. The second-order valence-corrected chi connectivity index (χ2v) is 10.4. The van der Waals surface area contributed by atoms with Crippen molar-refractivity contribution >= 4 is 34.0 Å². The summed E-state index contributed by atoms with van der Waals surface area (Å²) in [6, 6.07) is 32.7. The highest BCUT2D eigenvalue weighted by atomic mass is 16.7. The highest BCUT2D eigenvalue weighted by Gasteiger charge is 2.57. The number of rotatable bonds is 4. The maximum absolute atomic E-state index is 14.4. The molecule has 0 saturated carbocycles. The van der Waals surface area contributed by atoms with E-state index in [1.165, 1.54) is 0 Å². The van der Waals surface area contributed by atoms with Gasteiger partial charge in [-0.05, 0) is 40.8 Å². The van der Waals surface area contributed by atoms with Crippen LogP contribution >= 0.6 is 0 Å². The maximum Gasteiger partial charge on any atom is 0.256 e. The Morgan fingerprint density at radius 2 is 1.54 bits per heavy atom. The van der Waals surface area contributed by atoms with Crippen molar-refractivity contribution in [1.29, 1.82) is 0 Å². The van der Waals surface area contributed by atoms with E-state index in [1.807, 2.05) is 91.0 Å². The number of hydrogen-bond donors (Lipinski definition) is 1. The largest absolute Gasteiger partial charge is 0.491 e. The Bertz CT molecular complexity index is 1900. The van der Waals surface area contributed by atoms with E-state index in [1.54, 1.807) is 17.0 Å². The monoisotopic (exact) mass is 540 g/mol. The van der Waals surface area contributed by atoms with Gasteiger partial charge in [0.2, 0.25) is 12.7 Å². The van der Waals surface area contributed by atoms with Gasteiger partial charge in [-0.25, -0.2) is 0 Å². The molecular formula is C34H24N2O5. The van der Waals surface area contributed by atoms with Crippen LogP contribution in [-0.4, -0.2) is 25.2 Å². The van der Waals surface area contributed by atoms with E-state index in [9.17, 15) is 9.59 Å². The second-order valence-electron chi connectivity index (χ2n) is 10.4. The minimum Gasteiger partial charge on any atom is -0.491 e. The van der Waals surface area contributed by atoms with Crippen LogP contribution in [0.3, 0.4) is 0 Å². The number of nitrogens with one attached hydrogen (secondary N) is 1. The molecule has 1 N–H and O–H groups in total. The quantitative estimate of drug-likeness (QED) is 0.301. The molecule has 0 saturated heterocycles. The molecule has 200 valence electrons. The van der Waals surface area contributed by atoms with Crippen molar-refractivity contribution in [2.75, 3.05) is 23.6 Å². The molecular weight excluding hydrogens is 516 g/mol. The Hall–Kier alpha value is -5.30. The third kappa shape index (κ3) is 3.45. The molecule has 0 aromatic heterocycles. The van der Waals surface area contributed by atoms with Crippen LogP contribution in [0.25, 0.3) is 10.8 Å². The molecule has 3 aliphatic heterocycles. The average Bonchev–Trinajstić information content (AvgIpc) is 3.69. The molecule has 41 heavy (non-hydrogen) atoms. The van der Waals surface area contributed by atoms with Gasteiger partial charge < -0.3 is 24.4 Å². The predicted molar refractivity (Wildman–Crippen MR) is 155 cm³/mol. The van der Waals surface area contributed by atoms with Crippen LogP contribution in [0.5, 0.6) is 17.2 Å². The Balaban J connectivity index is 1.16. The van der Waals surface area contributed by atoms with Crippen LogP contribution in [-0.2, 0) is 16.8 Å². The van der Waals surface area contributed by atoms with E-state index >= 15 is 0 Å². The normalized spacial score (nSPS) is 18.0. The Morgan fingerprint density at radius 1 is 0.780 bits per heavy atom. The van der Waals surface area contributed by atoms with Gasteiger partial charge in [0.15, 0.2) is 11.5 Å².